The van der Waals surface area contributed by atoms with Gasteiger partial charge in [-0.3, -0.25) is 9.78 Å². The predicted molar refractivity (Wildman–Crippen MR) is 72.7 cm³/mol. The van der Waals surface area contributed by atoms with Gasteiger partial charge in [0.05, 0.1) is 11.1 Å². The summed E-state index contributed by atoms with van der Waals surface area (Å²) in [6.45, 7) is 2.03. The van der Waals surface area contributed by atoms with Crippen LogP contribution in [0.15, 0.2) is 42.7 Å². The molecule has 0 saturated heterocycles. The summed E-state index contributed by atoms with van der Waals surface area (Å²) in [5.41, 5.74) is 2.61. The van der Waals surface area contributed by atoms with E-state index in [0.29, 0.717) is 11.1 Å². The fourth-order valence-electron chi connectivity index (χ4n) is 1.77. The Bertz CT molecular complexity index is 644. The maximum atomic E-state index is 12.1. The van der Waals surface area contributed by atoms with Crippen molar-refractivity contribution in [3.63, 3.8) is 0 Å². The Morgan fingerprint density at radius 1 is 1.37 bits per heavy atom. The molecule has 4 heteroatoms. The number of benzene rings is 1. The molecule has 94 valence electrons. The van der Waals surface area contributed by atoms with E-state index in [1.807, 2.05) is 37.3 Å². The van der Waals surface area contributed by atoms with E-state index in [9.17, 15) is 4.79 Å². The first-order chi connectivity index (χ1) is 9.24. The molecule has 2 aromatic rings. The molecule has 2 rings (SSSR count). The zero-order chi connectivity index (χ0) is 13.7. The lowest BCUT2D eigenvalue weighted by Crippen LogP contribution is -2.13. The van der Waals surface area contributed by atoms with Crippen LogP contribution >= 0.6 is 0 Å². The van der Waals surface area contributed by atoms with Gasteiger partial charge >= 0.3 is 0 Å². The van der Waals surface area contributed by atoms with E-state index in [0.717, 1.165) is 17.7 Å². The molecule has 0 fully saturated rings. The number of anilines is 1. The molecule has 4 nitrogen and oxygen atoms in total. The molecule has 1 aromatic heterocycles. The Morgan fingerprint density at radius 2 is 2.16 bits per heavy atom. The first kappa shape index (κ1) is 12.8. The summed E-state index contributed by atoms with van der Waals surface area (Å²) in [6.07, 6.45) is 3.72. The normalized spacial score (nSPS) is 9.68. The molecule has 19 heavy (non-hydrogen) atoms. The summed E-state index contributed by atoms with van der Waals surface area (Å²) < 4.78 is 0. The van der Waals surface area contributed by atoms with Gasteiger partial charge in [0.1, 0.15) is 6.07 Å². The first-order valence-corrected chi connectivity index (χ1v) is 5.99. The van der Waals surface area contributed by atoms with Gasteiger partial charge in [0.2, 0.25) is 0 Å². The minimum Gasteiger partial charge on any atom is -0.322 e. The Hall–Kier alpha value is -2.67. The molecule has 0 aliphatic heterocycles. The van der Waals surface area contributed by atoms with Gasteiger partial charge in [-0.1, -0.05) is 25.1 Å². The van der Waals surface area contributed by atoms with Crippen molar-refractivity contribution in [3.8, 4) is 6.07 Å². The van der Waals surface area contributed by atoms with Gasteiger partial charge in [-0.25, -0.2) is 0 Å². The maximum Gasteiger partial charge on any atom is 0.257 e. The Kier molecular flexibility index (Phi) is 3.89. The Balaban J connectivity index is 2.23. The van der Waals surface area contributed by atoms with Crippen LogP contribution < -0.4 is 5.32 Å². The minimum absolute atomic E-state index is 0.259. The van der Waals surface area contributed by atoms with Crippen molar-refractivity contribution in [3.05, 3.63) is 59.4 Å². The highest BCUT2D eigenvalue weighted by atomic mass is 16.1. The van der Waals surface area contributed by atoms with Crippen molar-refractivity contribution in [1.82, 2.24) is 4.98 Å². The molecule has 0 spiro atoms. The number of nitrogens with one attached hydrogen (secondary N) is 1. The second-order valence-electron chi connectivity index (χ2n) is 4.04. The molecule has 1 N–H and O–H groups in total. The molecular weight excluding hydrogens is 238 g/mol. The summed E-state index contributed by atoms with van der Waals surface area (Å²) in [6, 6.07) is 11.1. The average molecular weight is 251 g/mol. The number of amides is 1. The van der Waals surface area contributed by atoms with Crippen LogP contribution in [0.1, 0.15) is 28.4 Å². The molecule has 0 bridgehead atoms. The van der Waals surface area contributed by atoms with Crippen molar-refractivity contribution in [2.24, 2.45) is 0 Å². The second kappa shape index (κ2) is 5.78. The van der Waals surface area contributed by atoms with Gasteiger partial charge in [-0.15, -0.1) is 0 Å². The largest absolute Gasteiger partial charge is 0.322 e. The highest BCUT2D eigenvalue weighted by molar-refractivity contribution is 6.04. The van der Waals surface area contributed by atoms with E-state index < -0.39 is 0 Å². The van der Waals surface area contributed by atoms with E-state index in [4.69, 9.17) is 5.26 Å². The smallest absolute Gasteiger partial charge is 0.257 e. The van der Waals surface area contributed by atoms with Crippen molar-refractivity contribution in [2.45, 2.75) is 13.3 Å². The molecule has 0 aliphatic rings. The van der Waals surface area contributed by atoms with E-state index in [2.05, 4.69) is 10.3 Å². The number of aromatic nitrogens is 1. The van der Waals surface area contributed by atoms with Crippen LogP contribution in [-0.2, 0) is 6.42 Å². The molecule has 0 saturated carbocycles. The number of carbonyl (C=O) groups is 1. The van der Waals surface area contributed by atoms with Crippen LogP contribution in [0.5, 0.6) is 0 Å². The molecule has 0 aliphatic carbocycles. The van der Waals surface area contributed by atoms with Crippen LogP contribution in [0, 0.1) is 11.3 Å². The highest BCUT2D eigenvalue weighted by Gasteiger charge is 2.09. The predicted octanol–water partition coefficient (Wildman–Crippen LogP) is 2.77. The zero-order valence-corrected chi connectivity index (χ0v) is 10.6. The number of aryl methyl sites for hydroxylation is 1. The van der Waals surface area contributed by atoms with Gasteiger partial charge in [0, 0.05) is 18.1 Å². The Labute approximate surface area is 111 Å². The van der Waals surface area contributed by atoms with E-state index in [1.165, 1.54) is 18.5 Å². The van der Waals surface area contributed by atoms with Crippen LogP contribution in [-0.4, -0.2) is 10.9 Å². The van der Waals surface area contributed by atoms with Crippen LogP contribution in [0.2, 0.25) is 0 Å². The lowest BCUT2D eigenvalue weighted by molar-refractivity contribution is 0.102. The van der Waals surface area contributed by atoms with Crippen LogP contribution in [0.4, 0.5) is 5.69 Å². The molecular formula is C15H13N3O. The summed E-state index contributed by atoms with van der Waals surface area (Å²) in [7, 11) is 0. The van der Waals surface area contributed by atoms with Gasteiger partial charge < -0.3 is 5.32 Å². The number of rotatable bonds is 3. The van der Waals surface area contributed by atoms with Crippen molar-refractivity contribution >= 4 is 11.6 Å². The highest BCUT2D eigenvalue weighted by Crippen LogP contribution is 2.16. The van der Waals surface area contributed by atoms with Crippen molar-refractivity contribution in [1.29, 1.82) is 5.26 Å². The minimum atomic E-state index is -0.259. The summed E-state index contributed by atoms with van der Waals surface area (Å²) in [5, 5.41) is 11.6. The summed E-state index contributed by atoms with van der Waals surface area (Å²) >= 11 is 0. The molecule has 0 atom stereocenters. The first-order valence-electron chi connectivity index (χ1n) is 5.99. The number of nitrogens with zero attached hydrogens (tertiary/aromatic N) is 2. The zero-order valence-electron chi connectivity index (χ0n) is 10.6. The standard InChI is InChI=1S/C15H13N3O/c1-2-12-5-3-4-6-14(12)18-15(19)13-7-11(8-16)9-17-10-13/h3-7,9-10H,2H2,1H3,(H,18,19). The number of carbonyl (C=O) groups excluding carboxylic acids is 1. The fraction of sp³-hybridized carbons (Fsp3) is 0.133. The van der Waals surface area contributed by atoms with E-state index in [1.54, 1.807) is 0 Å². The molecule has 1 heterocycles. The van der Waals surface area contributed by atoms with Crippen LogP contribution in [0.25, 0.3) is 0 Å². The number of hydrogen-bond acceptors (Lipinski definition) is 3. The summed E-state index contributed by atoms with van der Waals surface area (Å²) in [5.74, 6) is -0.259. The number of para-hydroxylation sites is 1. The monoisotopic (exact) mass is 251 g/mol. The third kappa shape index (κ3) is 2.96. The fourth-order valence-corrected chi connectivity index (χ4v) is 1.77. The Morgan fingerprint density at radius 3 is 2.89 bits per heavy atom. The second-order valence-corrected chi connectivity index (χ2v) is 4.04. The molecule has 0 radical (unpaired) electrons. The molecule has 1 aromatic carbocycles. The lowest BCUT2D eigenvalue weighted by atomic mass is 10.1. The van der Waals surface area contributed by atoms with Gasteiger partial charge in [0.25, 0.3) is 5.91 Å². The van der Waals surface area contributed by atoms with Crippen LogP contribution in [0.3, 0.4) is 0 Å². The number of nitriles is 1. The topological polar surface area (TPSA) is 65.8 Å². The van der Waals surface area contributed by atoms with E-state index in [-0.39, 0.29) is 5.91 Å². The number of pyridine rings is 1. The molecule has 0 unspecified atom stereocenters. The molecule has 1 amide bonds. The SMILES string of the molecule is CCc1ccccc1NC(=O)c1cncc(C#N)c1. The number of hydrogen-bond donors (Lipinski definition) is 1. The maximum absolute atomic E-state index is 12.1. The average Bonchev–Trinajstić information content (AvgIpc) is 2.47. The third-order valence-corrected chi connectivity index (χ3v) is 2.78. The van der Waals surface area contributed by atoms with Crippen molar-refractivity contribution < 1.29 is 4.79 Å². The summed E-state index contributed by atoms with van der Waals surface area (Å²) in [4.78, 5) is 16.0. The third-order valence-electron chi connectivity index (χ3n) is 2.78. The van der Waals surface area contributed by atoms with E-state index >= 15 is 0 Å². The van der Waals surface area contributed by atoms with Gasteiger partial charge in [0.15, 0.2) is 0 Å². The van der Waals surface area contributed by atoms with Gasteiger partial charge in [-0.2, -0.15) is 5.26 Å². The lowest BCUT2D eigenvalue weighted by Gasteiger charge is -2.09. The van der Waals surface area contributed by atoms with Gasteiger partial charge in [-0.05, 0) is 24.1 Å². The van der Waals surface area contributed by atoms with Crippen molar-refractivity contribution in [2.75, 3.05) is 5.32 Å². The quantitative estimate of drug-likeness (QED) is 0.912.